The Labute approximate surface area is 315 Å². The zero-order valence-corrected chi connectivity index (χ0v) is 33.2. The molecule has 4 N–H and O–H groups in total. The fourth-order valence-electron chi connectivity index (χ4n) is 7.06. The van der Waals surface area contributed by atoms with Gasteiger partial charge in [-0.15, -0.1) is 12.4 Å². The summed E-state index contributed by atoms with van der Waals surface area (Å²) in [6.45, 7) is 10.0. The highest BCUT2D eigenvalue weighted by Gasteiger charge is 2.43. The van der Waals surface area contributed by atoms with E-state index in [2.05, 4.69) is 10.2 Å². The van der Waals surface area contributed by atoms with E-state index < -0.39 is 31.1 Å². The number of hydrogen-bond acceptors (Lipinski definition) is 8. The summed E-state index contributed by atoms with van der Waals surface area (Å²) in [5.41, 5.74) is 9.56. The van der Waals surface area contributed by atoms with Crippen molar-refractivity contribution in [3.05, 3.63) is 83.6 Å². The van der Waals surface area contributed by atoms with Crippen LogP contribution in [0.2, 0.25) is 0 Å². The molecule has 0 atom stereocenters. The van der Waals surface area contributed by atoms with E-state index in [1.165, 1.54) is 24.3 Å². The van der Waals surface area contributed by atoms with E-state index in [1.807, 2.05) is 69.7 Å². The number of hydrogen-bond donors (Lipinski definition) is 3. The number of amides is 1. The summed E-state index contributed by atoms with van der Waals surface area (Å²) in [6, 6.07) is 9.15. The van der Waals surface area contributed by atoms with Crippen LogP contribution in [0.4, 0.5) is 11.4 Å². The highest BCUT2D eigenvalue weighted by molar-refractivity contribution is 7.86. The molecule has 0 bridgehead atoms. The zero-order chi connectivity index (χ0) is 37.6. The lowest BCUT2D eigenvalue weighted by molar-refractivity contribution is -0.401. The molecule has 2 aliphatic heterocycles. The molecule has 4 rings (SSSR count). The molecule has 2 aliphatic rings. The molecular weight excluding hydrogens is 724 g/mol. The van der Waals surface area contributed by atoms with Crippen molar-refractivity contribution in [2.24, 2.45) is 5.73 Å². The largest absolute Gasteiger partial charge is 0.744 e. The number of nitrogens with two attached hydrogens (primary N) is 1. The van der Waals surface area contributed by atoms with Crippen LogP contribution in [-0.2, 0) is 35.9 Å². The number of rotatable bonds is 17. The lowest BCUT2D eigenvalue weighted by Gasteiger charge is -2.27. The van der Waals surface area contributed by atoms with E-state index in [1.54, 1.807) is 12.1 Å². The minimum atomic E-state index is -4.63. The monoisotopic (exact) mass is 776 g/mol. The SMILES string of the molecule is C[N+]1=C(/C=C/C=C/C=C2\N(CCCCCC(=O)NCCCCCCN)c3ccc(S(=O)(=O)[O-])cc3C2(C)C)C(C)(C)c2cc(S(=O)(=O)O)ccc21.Cl. The van der Waals surface area contributed by atoms with Crippen molar-refractivity contribution < 1.29 is 35.3 Å². The van der Waals surface area contributed by atoms with Crippen molar-refractivity contribution in [1.29, 1.82) is 0 Å². The number of fused-ring (bicyclic) bond motifs is 2. The Morgan fingerprint density at radius 2 is 1.54 bits per heavy atom. The van der Waals surface area contributed by atoms with Crippen molar-refractivity contribution in [2.75, 3.05) is 31.6 Å². The quantitative estimate of drug-likeness (QED) is 0.0726. The van der Waals surface area contributed by atoms with Crippen molar-refractivity contribution in [3.8, 4) is 0 Å². The van der Waals surface area contributed by atoms with Crippen molar-refractivity contribution >= 4 is 55.6 Å². The van der Waals surface area contributed by atoms with Gasteiger partial charge in [0.1, 0.15) is 17.2 Å². The Morgan fingerprint density at radius 3 is 2.21 bits per heavy atom. The number of halogens is 1. The van der Waals surface area contributed by atoms with Crippen molar-refractivity contribution in [1.82, 2.24) is 5.32 Å². The van der Waals surface area contributed by atoms with Gasteiger partial charge in [-0.3, -0.25) is 9.35 Å². The fourth-order valence-corrected chi connectivity index (χ4v) is 8.06. The molecule has 0 aromatic heterocycles. The van der Waals surface area contributed by atoms with Crippen LogP contribution < -0.4 is 16.0 Å². The summed E-state index contributed by atoms with van der Waals surface area (Å²) in [6.07, 6.45) is 16.7. The Kier molecular flexibility index (Phi) is 14.6. The number of benzene rings is 2. The molecule has 0 aliphatic carbocycles. The molecule has 0 radical (unpaired) electrons. The van der Waals surface area contributed by atoms with Crippen molar-refractivity contribution in [3.63, 3.8) is 0 Å². The molecule has 2 heterocycles. The average molecular weight is 777 g/mol. The highest BCUT2D eigenvalue weighted by Crippen LogP contribution is 2.48. The first kappa shape index (κ1) is 43.1. The van der Waals surface area contributed by atoms with Crippen LogP contribution >= 0.6 is 12.4 Å². The number of nitrogens with zero attached hydrogens (tertiary/aromatic N) is 2. The van der Waals surface area contributed by atoms with E-state index in [0.29, 0.717) is 26.1 Å². The predicted molar refractivity (Wildman–Crippen MR) is 208 cm³/mol. The Bertz CT molecular complexity index is 1970. The molecule has 2 aromatic carbocycles. The summed E-state index contributed by atoms with van der Waals surface area (Å²) in [4.78, 5) is 14.1. The first-order valence-electron chi connectivity index (χ1n) is 17.5. The number of carbonyl (C=O) groups excluding carboxylic acids is 1. The van der Waals surface area contributed by atoms with E-state index in [-0.39, 0.29) is 28.1 Å². The van der Waals surface area contributed by atoms with Crippen LogP contribution in [0, 0.1) is 0 Å². The van der Waals surface area contributed by atoms with Crippen LogP contribution in [0.3, 0.4) is 0 Å². The van der Waals surface area contributed by atoms with Gasteiger partial charge < -0.3 is 20.5 Å². The topological polar surface area (TPSA) is 173 Å². The molecule has 286 valence electrons. The third-order valence-corrected chi connectivity index (χ3v) is 11.6. The van der Waals surface area contributed by atoms with Gasteiger partial charge in [-0.05, 0) is 88.0 Å². The minimum Gasteiger partial charge on any atom is -0.744 e. The van der Waals surface area contributed by atoms with Gasteiger partial charge in [0, 0.05) is 54.0 Å². The normalized spacial score (nSPS) is 17.2. The van der Waals surface area contributed by atoms with Crippen LogP contribution in [0.25, 0.3) is 0 Å². The zero-order valence-electron chi connectivity index (χ0n) is 30.7. The molecule has 0 spiro atoms. The minimum absolute atomic E-state index is 0. The van der Waals surface area contributed by atoms with Gasteiger partial charge in [-0.25, -0.2) is 8.42 Å². The molecular formula is C38H53ClN4O7S2. The first-order chi connectivity index (χ1) is 23.9. The second-order valence-electron chi connectivity index (χ2n) is 14.3. The van der Waals surface area contributed by atoms with Crippen LogP contribution in [0.15, 0.2) is 82.3 Å². The molecule has 11 nitrogen and oxygen atoms in total. The van der Waals surface area contributed by atoms with Gasteiger partial charge in [-0.2, -0.15) is 13.0 Å². The lowest BCUT2D eigenvalue weighted by Crippen LogP contribution is -2.27. The fraction of sp³-hybridized carbons (Fsp3) is 0.474. The average Bonchev–Trinajstić information content (AvgIpc) is 3.38. The van der Waals surface area contributed by atoms with Crippen LogP contribution in [0.1, 0.15) is 90.2 Å². The third kappa shape index (κ3) is 10.00. The molecule has 52 heavy (non-hydrogen) atoms. The van der Waals surface area contributed by atoms with Crippen LogP contribution in [0.5, 0.6) is 0 Å². The van der Waals surface area contributed by atoms with Gasteiger partial charge in [0.05, 0.1) is 15.2 Å². The molecule has 14 heteroatoms. The Balaban J connectivity index is 0.00000729. The molecule has 2 aromatic rings. The summed E-state index contributed by atoms with van der Waals surface area (Å²) in [7, 11) is -7.06. The smallest absolute Gasteiger partial charge is 0.294 e. The van der Waals surface area contributed by atoms with Crippen molar-refractivity contribution in [2.45, 2.75) is 99.7 Å². The number of allylic oxidation sites excluding steroid dienone is 6. The van der Waals surface area contributed by atoms with E-state index in [9.17, 15) is 30.7 Å². The van der Waals surface area contributed by atoms with Crippen LogP contribution in [-0.4, -0.2) is 68.8 Å². The Hall–Kier alpha value is -3.33. The molecule has 1 amide bonds. The summed E-state index contributed by atoms with van der Waals surface area (Å²) in [5, 5.41) is 3.00. The second kappa shape index (κ2) is 17.7. The maximum Gasteiger partial charge on any atom is 0.294 e. The van der Waals surface area contributed by atoms with Gasteiger partial charge in [0.15, 0.2) is 5.71 Å². The standard InChI is InChI=1S/C38H52N4O7S2.ClH/c1-37(2)30-26-28(50(44,45)46)19-21-32(30)41(5)34(37)16-10-8-11-17-35-38(3,4)31-27-29(51(47,48)49)20-22-33(31)42(35)25-15-9-12-18-36(43)40-24-14-7-6-13-23-39;/h8,10-11,16-17,19-22,26-27H,6-7,9,12-15,18,23-25,39H2,1-5H3,(H2-,40,43,44,45,46,47,48,49);1H. The summed E-state index contributed by atoms with van der Waals surface area (Å²) in [5.74, 6) is 0.0590. The Morgan fingerprint density at radius 1 is 0.885 bits per heavy atom. The molecule has 0 fully saturated rings. The van der Waals surface area contributed by atoms with Gasteiger partial charge >= 0.3 is 0 Å². The predicted octanol–water partition coefficient (Wildman–Crippen LogP) is 6.26. The highest BCUT2D eigenvalue weighted by atomic mass is 35.5. The maximum atomic E-state index is 12.3. The lowest BCUT2D eigenvalue weighted by atomic mass is 9.81. The van der Waals surface area contributed by atoms with E-state index in [0.717, 1.165) is 78.9 Å². The molecule has 0 saturated heterocycles. The molecule has 0 unspecified atom stereocenters. The number of nitrogens with one attached hydrogen (secondary N) is 1. The van der Waals surface area contributed by atoms with E-state index in [4.69, 9.17) is 5.73 Å². The van der Waals surface area contributed by atoms with Gasteiger partial charge in [-0.1, -0.05) is 51.3 Å². The van der Waals surface area contributed by atoms with Gasteiger partial charge in [0.25, 0.3) is 10.1 Å². The summed E-state index contributed by atoms with van der Waals surface area (Å²) >= 11 is 0. The second-order valence-corrected chi connectivity index (χ2v) is 17.1. The maximum absolute atomic E-state index is 12.3. The number of unbranched alkanes of at least 4 members (excludes halogenated alkanes) is 5. The summed E-state index contributed by atoms with van der Waals surface area (Å²) < 4.78 is 70.9. The number of carbonyl (C=O) groups is 1. The molecule has 0 saturated carbocycles. The first-order valence-corrected chi connectivity index (χ1v) is 20.4. The van der Waals surface area contributed by atoms with Gasteiger partial charge in [0.2, 0.25) is 11.6 Å². The number of anilines is 1. The van der Waals surface area contributed by atoms with E-state index >= 15 is 0 Å². The third-order valence-electron chi connectivity index (χ3n) is 9.92.